The van der Waals surface area contributed by atoms with Crippen LogP contribution in [0.4, 0.5) is 10.1 Å². The summed E-state index contributed by atoms with van der Waals surface area (Å²) in [5, 5.41) is 2.69. The van der Waals surface area contributed by atoms with Gasteiger partial charge in [-0.05, 0) is 30.3 Å². The van der Waals surface area contributed by atoms with E-state index in [1.54, 1.807) is 0 Å². The van der Waals surface area contributed by atoms with E-state index in [2.05, 4.69) is 5.32 Å². The lowest BCUT2D eigenvalue weighted by Gasteiger charge is -2.10. The molecule has 0 bridgehead atoms. The lowest BCUT2D eigenvalue weighted by Crippen LogP contribution is -2.15. The van der Waals surface area contributed by atoms with Gasteiger partial charge in [-0.25, -0.2) is 4.39 Å². The van der Waals surface area contributed by atoms with Crippen molar-refractivity contribution < 1.29 is 14.0 Å². The molecule has 3 N–H and O–H groups in total. The van der Waals surface area contributed by atoms with Gasteiger partial charge < -0.3 is 11.1 Å². The number of halogens is 3. The van der Waals surface area contributed by atoms with Crippen molar-refractivity contribution in [3.63, 3.8) is 0 Å². The first kappa shape index (κ1) is 15.3. The summed E-state index contributed by atoms with van der Waals surface area (Å²) in [7, 11) is 0. The van der Waals surface area contributed by atoms with Crippen molar-refractivity contribution in [2.45, 2.75) is 0 Å². The summed E-state index contributed by atoms with van der Waals surface area (Å²) in [6.07, 6.45) is 0. The number of carbonyl (C=O) groups excluding carboxylic acids is 2. The van der Waals surface area contributed by atoms with E-state index < -0.39 is 17.6 Å². The number of benzene rings is 2. The molecular weight excluding hydrogens is 318 g/mol. The van der Waals surface area contributed by atoms with E-state index in [-0.39, 0.29) is 26.9 Å². The Labute approximate surface area is 129 Å². The van der Waals surface area contributed by atoms with Crippen LogP contribution in [0.3, 0.4) is 0 Å². The van der Waals surface area contributed by atoms with Crippen LogP contribution in [0.2, 0.25) is 10.0 Å². The smallest absolute Gasteiger partial charge is 0.255 e. The van der Waals surface area contributed by atoms with Crippen LogP contribution in [0.25, 0.3) is 0 Å². The number of anilines is 1. The van der Waals surface area contributed by atoms with E-state index in [1.807, 2.05) is 0 Å². The summed E-state index contributed by atoms with van der Waals surface area (Å²) in [5.74, 6) is -1.87. The minimum absolute atomic E-state index is 0.0237. The molecule has 0 heterocycles. The third-order valence-electron chi connectivity index (χ3n) is 2.66. The minimum Gasteiger partial charge on any atom is -0.366 e. The maximum Gasteiger partial charge on any atom is 0.255 e. The summed E-state index contributed by atoms with van der Waals surface area (Å²) in [6.45, 7) is 0. The number of nitrogens with two attached hydrogens (primary N) is 1. The Bertz CT molecular complexity index is 735. The largest absolute Gasteiger partial charge is 0.366 e. The molecule has 0 saturated carbocycles. The average molecular weight is 327 g/mol. The molecule has 4 nitrogen and oxygen atoms in total. The van der Waals surface area contributed by atoms with Crippen LogP contribution in [-0.4, -0.2) is 11.8 Å². The predicted molar refractivity (Wildman–Crippen MR) is 79.3 cm³/mol. The van der Waals surface area contributed by atoms with Gasteiger partial charge in [0, 0.05) is 5.56 Å². The Morgan fingerprint density at radius 2 is 1.81 bits per heavy atom. The van der Waals surface area contributed by atoms with Crippen molar-refractivity contribution in [1.82, 2.24) is 0 Å². The molecule has 7 heteroatoms. The molecule has 0 saturated heterocycles. The zero-order valence-corrected chi connectivity index (χ0v) is 12.0. The molecule has 2 amide bonds. The Hall–Kier alpha value is -2.11. The highest BCUT2D eigenvalue weighted by Crippen LogP contribution is 2.29. The molecule has 0 atom stereocenters. The fourth-order valence-corrected chi connectivity index (χ4v) is 2.18. The number of rotatable bonds is 3. The van der Waals surface area contributed by atoms with E-state index in [1.165, 1.54) is 30.3 Å². The molecule has 0 aromatic heterocycles. The topological polar surface area (TPSA) is 72.2 Å². The molecule has 0 aliphatic rings. The molecule has 0 aliphatic heterocycles. The minimum atomic E-state index is -0.752. The molecule has 2 aromatic carbocycles. The van der Waals surface area contributed by atoms with Gasteiger partial charge in [0.05, 0.1) is 21.3 Å². The normalized spacial score (nSPS) is 10.2. The Balaban J connectivity index is 2.33. The maximum atomic E-state index is 13.1. The highest BCUT2D eigenvalue weighted by molar-refractivity contribution is 6.38. The monoisotopic (exact) mass is 326 g/mol. The van der Waals surface area contributed by atoms with E-state index in [9.17, 15) is 14.0 Å². The van der Waals surface area contributed by atoms with Crippen LogP contribution in [0.1, 0.15) is 20.7 Å². The van der Waals surface area contributed by atoms with Gasteiger partial charge in [-0.15, -0.1) is 0 Å². The van der Waals surface area contributed by atoms with Gasteiger partial charge in [-0.3, -0.25) is 9.59 Å². The molecule has 0 unspecified atom stereocenters. The lowest BCUT2D eigenvalue weighted by molar-refractivity contribution is 0.0996. The Kier molecular flexibility index (Phi) is 4.45. The molecule has 0 aliphatic carbocycles. The van der Waals surface area contributed by atoms with Gasteiger partial charge in [-0.1, -0.05) is 29.3 Å². The SMILES string of the molecule is NC(=O)c1cc(NC(=O)c2cccc(F)c2)c(Cl)cc1Cl. The van der Waals surface area contributed by atoms with Crippen LogP contribution in [0.15, 0.2) is 36.4 Å². The third kappa shape index (κ3) is 3.51. The third-order valence-corrected chi connectivity index (χ3v) is 3.28. The van der Waals surface area contributed by atoms with Gasteiger partial charge in [0.1, 0.15) is 5.82 Å². The Morgan fingerprint density at radius 1 is 1.10 bits per heavy atom. The highest BCUT2D eigenvalue weighted by atomic mass is 35.5. The first-order valence-electron chi connectivity index (χ1n) is 5.74. The fraction of sp³-hybridized carbons (Fsp3) is 0. The van der Waals surface area contributed by atoms with E-state index >= 15 is 0 Å². The predicted octanol–water partition coefficient (Wildman–Crippen LogP) is 3.48. The van der Waals surface area contributed by atoms with Gasteiger partial charge >= 0.3 is 0 Å². The van der Waals surface area contributed by atoms with E-state index in [0.29, 0.717) is 0 Å². The van der Waals surface area contributed by atoms with Gasteiger partial charge in [0.2, 0.25) is 5.91 Å². The summed E-state index contributed by atoms with van der Waals surface area (Å²) in [4.78, 5) is 23.2. The molecule has 0 spiro atoms. The highest BCUT2D eigenvalue weighted by Gasteiger charge is 2.14. The van der Waals surface area contributed by atoms with Crippen molar-refractivity contribution in [2.24, 2.45) is 5.73 Å². The van der Waals surface area contributed by atoms with Crippen LogP contribution in [0.5, 0.6) is 0 Å². The Morgan fingerprint density at radius 3 is 2.43 bits per heavy atom. The number of amides is 2. The van der Waals surface area contributed by atoms with Crippen molar-refractivity contribution in [1.29, 1.82) is 0 Å². The fourth-order valence-electron chi connectivity index (χ4n) is 1.66. The molecule has 0 fully saturated rings. The number of nitrogens with one attached hydrogen (secondary N) is 1. The van der Waals surface area contributed by atoms with Crippen molar-refractivity contribution in [3.05, 3.63) is 63.4 Å². The zero-order valence-electron chi connectivity index (χ0n) is 10.5. The van der Waals surface area contributed by atoms with Gasteiger partial charge in [0.25, 0.3) is 5.91 Å². The van der Waals surface area contributed by atoms with Crippen LogP contribution in [0, 0.1) is 5.82 Å². The summed E-state index contributed by atoms with van der Waals surface area (Å²) in [5.41, 5.74) is 5.46. The molecule has 2 aromatic rings. The maximum absolute atomic E-state index is 13.1. The number of hydrogen-bond donors (Lipinski definition) is 2. The second-order valence-electron chi connectivity index (χ2n) is 4.14. The lowest BCUT2D eigenvalue weighted by atomic mass is 10.1. The van der Waals surface area contributed by atoms with Crippen molar-refractivity contribution in [3.8, 4) is 0 Å². The zero-order chi connectivity index (χ0) is 15.6. The summed E-state index contributed by atoms with van der Waals surface area (Å²) in [6, 6.07) is 7.71. The van der Waals surface area contributed by atoms with Crippen LogP contribution >= 0.6 is 23.2 Å². The molecule has 2 rings (SSSR count). The van der Waals surface area contributed by atoms with Crippen molar-refractivity contribution in [2.75, 3.05) is 5.32 Å². The molecule has 0 radical (unpaired) electrons. The summed E-state index contributed by atoms with van der Waals surface area (Å²) >= 11 is 11.8. The quantitative estimate of drug-likeness (QED) is 0.906. The van der Waals surface area contributed by atoms with Crippen molar-refractivity contribution >= 4 is 40.7 Å². The molecule has 108 valence electrons. The number of carbonyl (C=O) groups is 2. The second-order valence-corrected chi connectivity index (χ2v) is 4.96. The van der Waals surface area contributed by atoms with E-state index in [0.717, 1.165) is 6.07 Å². The first-order valence-corrected chi connectivity index (χ1v) is 6.50. The first-order chi connectivity index (χ1) is 9.88. The standard InChI is InChI=1S/C14H9Cl2FN2O2/c15-10-6-11(16)12(5-9(10)13(18)20)19-14(21)7-2-1-3-8(17)4-7/h1-6H,(H2,18,20)(H,19,21). The average Bonchev–Trinajstić information content (AvgIpc) is 2.41. The van der Waals surface area contributed by atoms with Crippen LogP contribution in [-0.2, 0) is 0 Å². The van der Waals surface area contributed by atoms with Gasteiger partial charge in [-0.2, -0.15) is 0 Å². The molecular formula is C14H9Cl2FN2O2. The summed E-state index contributed by atoms with van der Waals surface area (Å²) < 4.78 is 13.1. The van der Waals surface area contributed by atoms with Crippen LogP contribution < -0.4 is 11.1 Å². The van der Waals surface area contributed by atoms with Gasteiger partial charge in [0.15, 0.2) is 0 Å². The van der Waals surface area contributed by atoms with E-state index in [4.69, 9.17) is 28.9 Å². The number of primary amides is 1. The number of hydrogen-bond acceptors (Lipinski definition) is 2. The second kappa shape index (κ2) is 6.11. The molecule has 21 heavy (non-hydrogen) atoms.